The Balaban J connectivity index is 2.08. The van der Waals surface area contributed by atoms with Crippen LogP contribution in [0.5, 0.6) is 0 Å². The molecule has 18 heavy (non-hydrogen) atoms. The summed E-state index contributed by atoms with van der Waals surface area (Å²) in [6, 6.07) is 15.6. The first kappa shape index (κ1) is 11.4. The number of benzene rings is 2. The number of rotatable bonds is 1. The highest BCUT2D eigenvalue weighted by atomic mass is 19.1. The molecule has 0 aliphatic carbocycles. The molecule has 0 unspecified atom stereocenters. The zero-order chi connectivity index (χ0) is 12.5. The van der Waals surface area contributed by atoms with Gasteiger partial charge in [0.1, 0.15) is 5.82 Å². The Morgan fingerprint density at radius 3 is 2.67 bits per heavy atom. The quantitative estimate of drug-likeness (QED) is 0.739. The minimum absolute atomic E-state index is 0.143. The lowest BCUT2D eigenvalue weighted by Gasteiger charge is -2.32. The van der Waals surface area contributed by atoms with Crippen molar-refractivity contribution in [3.8, 4) is 0 Å². The van der Waals surface area contributed by atoms with Gasteiger partial charge in [-0.3, -0.25) is 0 Å². The van der Waals surface area contributed by atoms with Crippen LogP contribution in [0.4, 0.5) is 4.39 Å². The third kappa shape index (κ3) is 2.04. The fraction of sp³-hybridized carbons (Fsp3) is 0.250. The van der Waals surface area contributed by atoms with Crippen LogP contribution in [0.15, 0.2) is 48.5 Å². The van der Waals surface area contributed by atoms with E-state index in [1.165, 1.54) is 11.1 Å². The molecule has 0 bridgehead atoms. The summed E-state index contributed by atoms with van der Waals surface area (Å²) in [6.45, 7) is 1.82. The maximum atomic E-state index is 13.3. The van der Waals surface area contributed by atoms with Crippen molar-refractivity contribution in [3.05, 3.63) is 71.0 Å². The van der Waals surface area contributed by atoms with E-state index in [2.05, 4.69) is 36.2 Å². The zero-order valence-corrected chi connectivity index (χ0v) is 10.4. The highest BCUT2D eigenvalue weighted by Gasteiger charge is 2.24. The Morgan fingerprint density at radius 2 is 1.89 bits per heavy atom. The SMILES string of the molecule is CN1Cc2cc(F)ccc2[C@H](c2ccccc2)C1. The van der Waals surface area contributed by atoms with Crippen molar-refractivity contribution in [1.29, 1.82) is 0 Å². The average molecular weight is 241 g/mol. The third-order valence-corrected chi connectivity index (χ3v) is 3.62. The van der Waals surface area contributed by atoms with Gasteiger partial charge in [-0.1, -0.05) is 36.4 Å². The summed E-state index contributed by atoms with van der Waals surface area (Å²) in [5, 5.41) is 0. The van der Waals surface area contributed by atoms with Crippen LogP contribution >= 0.6 is 0 Å². The van der Waals surface area contributed by atoms with Crippen LogP contribution in [0.25, 0.3) is 0 Å². The molecule has 1 heterocycles. The number of hydrogen-bond acceptors (Lipinski definition) is 1. The lowest BCUT2D eigenvalue weighted by Crippen LogP contribution is -2.31. The molecule has 0 saturated carbocycles. The summed E-state index contributed by atoms with van der Waals surface area (Å²) >= 11 is 0. The van der Waals surface area contributed by atoms with E-state index >= 15 is 0 Å². The summed E-state index contributed by atoms with van der Waals surface area (Å²) < 4.78 is 13.3. The van der Waals surface area contributed by atoms with E-state index in [-0.39, 0.29) is 5.82 Å². The van der Waals surface area contributed by atoms with Gasteiger partial charge in [0.25, 0.3) is 0 Å². The first-order chi connectivity index (χ1) is 8.74. The summed E-state index contributed by atoms with van der Waals surface area (Å²) in [5.74, 6) is 0.205. The molecule has 0 aromatic heterocycles. The molecule has 0 radical (unpaired) electrons. The van der Waals surface area contributed by atoms with Crippen LogP contribution in [0, 0.1) is 5.82 Å². The zero-order valence-electron chi connectivity index (χ0n) is 10.4. The van der Waals surface area contributed by atoms with Crippen molar-refractivity contribution in [3.63, 3.8) is 0 Å². The summed E-state index contributed by atoms with van der Waals surface area (Å²) in [5.41, 5.74) is 3.68. The van der Waals surface area contributed by atoms with Crippen molar-refractivity contribution in [2.24, 2.45) is 0 Å². The lowest BCUT2D eigenvalue weighted by molar-refractivity contribution is 0.294. The third-order valence-electron chi connectivity index (χ3n) is 3.62. The van der Waals surface area contributed by atoms with Crippen molar-refractivity contribution >= 4 is 0 Å². The maximum absolute atomic E-state index is 13.3. The van der Waals surface area contributed by atoms with Crippen molar-refractivity contribution < 1.29 is 4.39 Å². The number of fused-ring (bicyclic) bond motifs is 1. The largest absolute Gasteiger partial charge is 0.301 e. The molecule has 2 aromatic carbocycles. The van der Waals surface area contributed by atoms with Gasteiger partial charge in [-0.25, -0.2) is 4.39 Å². The fourth-order valence-electron chi connectivity index (χ4n) is 2.79. The predicted molar refractivity (Wildman–Crippen MR) is 71.0 cm³/mol. The molecular formula is C16H16FN. The van der Waals surface area contributed by atoms with E-state index in [1.807, 2.05) is 12.1 Å². The molecule has 1 aliphatic heterocycles. The molecule has 0 saturated heterocycles. The van der Waals surface area contributed by atoms with E-state index < -0.39 is 0 Å². The predicted octanol–water partition coefficient (Wildman–Crippen LogP) is 3.40. The van der Waals surface area contributed by atoms with Crippen LogP contribution in [0.1, 0.15) is 22.6 Å². The smallest absolute Gasteiger partial charge is 0.123 e. The lowest BCUT2D eigenvalue weighted by atomic mass is 9.85. The van der Waals surface area contributed by atoms with Crippen molar-refractivity contribution in [2.75, 3.05) is 13.6 Å². The molecule has 92 valence electrons. The normalized spacial score (nSPS) is 19.6. The molecule has 0 spiro atoms. The van der Waals surface area contributed by atoms with Crippen molar-refractivity contribution in [2.45, 2.75) is 12.5 Å². The van der Waals surface area contributed by atoms with E-state index in [4.69, 9.17) is 0 Å². The van der Waals surface area contributed by atoms with Gasteiger partial charge in [-0.05, 0) is 35.9 Å². The summed E-state index contributed by atoms with van der Waals surface area (Å²) in [6.07, 6.45) is 0. The molecule has 2 aromatic rings. The standard InChI is InChI=1S/C16H16FN/c1-18-10-13-9-14(17)7-8-15(13)16(11-18)12-5-3-2-4-6-12/h2-9,16H,10-11H2,1H3/t16-/m0/s1. The topological polar surface area (TPSA) is 3.24 Å². The van der Waals surface area contributed by atoms with E-state index in [0.717, 1.165) is 18.7 Å². The summed E-state index contributed by atoms with van der Waals surface area (Å²) in [4.78, 5) is 2.25. The Morgan fingerprint density at radius 1 is 1.11 bits per heavy atom. The van der Waals surface area contributed by atoms with Gasteiger partial charge < -0.3 is 4.90 Å². The molecule has 0 fully saturated rings. The Labute approximate surface area is 107 Å². The Kier molecular flexibility index (Phi) is 2.88. The first-order valence-corrected chi connectivity index (χ1v) is 6.26. The highest BCUT2D eigenvalue weighted by Crippen LogP contribution is 2.33. The van der Waals surface area contributed by atoms with Crippen LogP contribution in [0.2, 0.25) is 0 Å². The van der Waals surface area contributed by atoms with Crippen LogP contribution in [0.3, 0.4) is 0 Å². The Hall–Kier alpha value is -1.67. The number of nitrogens with zero attached hydrogens (tertiary/aromatic N) is 1. The number of hydrogen-bond donors (Lipinski definition) is 0. The number of halogens is 1. The first-order valence-electron chi connectivity index (χ1n) is 6.26. The van der Waals surface area contributed by atoms with Gasteiger partial charge in [-0.2, -0.15) is 0 Å². The molecule has 1 aliphatic rings. The Bertz CT molecular complexity index is 550. The second-order valence-corrected chi connectivity index (χ2v) is 5.00. The highest BCUT2D eigenvalue weighted by molar-refractivity contribution is 5.40. The van der Waals surface area contributed by atoms with Gasteiger partial charge in [0.15, 0.2) is 0 Å². The minimum Gasteiger partial charge on any atom is -0.301 e. The maximum Gasteiger partial charge on any atom is 0.123 e. The van der Waals surface area contributed by atoms with Gasteiger partial charge in [-0.15, -0.1) is 0 Å². The molecule has 2 heteroatoms. The number of likely N-dealkylation sites (N-methyl/N-ethyl adjacent to an activating group) is 1. The minimum atomic E-state index is -0.143. The van der Waals surface area contributed by atoms with Gasteiger partial charge in [0.2, 0.25) is 0 Å². The van der Waals surface area contributed by atoms with Gasteiger partial charge >= 0.3 is 0 Å². The molecule has 1 nitrogen and oxygen atoms in total. The van der Waals surface area contributed by atoms with E-state index in [1.54, 1.807) is 12.1 Å². The second kappa shape index (κ2) is 4.54. The molecule has 0 N–H and O–H groups in total. The van der Waals surface area contributed by atoms with Crippen LogP contribution < -0.4 is 0 Å². The van der Waals surface area contributed by atoms with Crippen LogP contribution in [-0.2, 0) is 6.54 Å². The van der Waals surface area contributed by atoms with E-state index in [9.17, 15) is 4.39 Å². The molecule has 0 amide bonds. The van der Waals surface area contributed by atoms with Crippen molar-refractivity contribution in [1.82, 2.24) is 4.90 Å². The van der Waals surface area contributed by atoms with Crippen LogP contribution in [-0.4, -0.2) is 18.5 Å². The molecule has 1 atom stereocenters. The fourth-order valence-corrected chi connectivity index (χ4v) is 2.79. The van der Waals surface area contributed by atoms with Gasteiger partial charge in [0.05, 0.1) is 0 Å². The summed E-state index contributed by atoms with van der Waals surface area (Å²) in [7, 11) is 2.09. The van der Waals surface area contributed by atoms with E-state index in [0.29, 0.717) is 5.92 Å². The van der Waals surface area contributed by atoms with Gasteiger partial charge in [0, 0.05) is 19.0 Å². The molecular weight excluding hydrogens is 225 g/mol. The average Bonchev–Trinajstić information content (AvgIpc) is 2.38. The monoisotopic (exact) mass is 241 g/mol. The molecule has 3 rings (SSSR count). The second-order valence-electron chi connectivity index (χ2n) is 5.00.